The number of pyridine rings is 1. The molecule has 1 nitrogen and oxygen atoms in total. The van der Waals surface area contributed by atoms with Gasteiger partial charge >= 0.3 is 0 Å². The molecule has 1 aromatic rings. The van der Waals surface area contributed by atoms with Gasteiger partial charge in [0.2, 0.25) is 0 Å². The molecule has 0 saturated carbocycles. The van der Waals surface area contributed by atoms with E-state index in [2.05, 4.69) is 11.6 Å². The maximum atomic E-state index is 13.2. The highest BCUT2D eigenvalue weighted by atomic mass is 19.1. The summed E-state index contributed by atoms with van der Waals surface area (Å²) >= 11 is 0. The van der Waals surface area contributed by atoms with Crippen LogP contribution in [0, 0.1) is 12.7 Å². The summed E-state index contributed by atoms with van der Waals surface area (Å²) in [5, 5.41) is 0. The van der Waals surface area contributed by atoms with Crippen molar-refractivity contribution in [2.24, 2.45) is 0 Å². The van der Waals surface area contributed by atoms with E-state index in [0.29, 0.717) is 5.56 Å². The molecule has 0 atom stereocenters. The summed E-state index contributed by atoms with van der Waals surface area (Å²) in [6, 6.07) is 1.43. The van der Waals surface area contributed by atoms with E-state index in [1.54, 1.807) is 6.92 Å². The lowest BCUT2D eigenvalue weighted by atomic mass is 10.1. The maximum absolute atomic E-state index is 13.2. The molecule has 0 aliphatic rings. The van der Waals surface area contributed by atoms with E-state index in [1.165, 1.54) is 12.1 Å². The maximum Gasteiger partial charge on any atom is 0.134 e. The molecule has 2 heteroatoms. The van der Waals surface area contributed by atoms with Gasteiger partial charge in [0.15, 0.2) is 0 Å². The summed E-state index contributed by atoms with van der Waals surface area (Å²) in [7, 11) is 0. The van der Waals surface area contributed by atoms with Crippen LogP contribution in [0.3, 0.4) is 0 Å². The van der Waals surface area contributed by atoms with E-state index in [9.17, 15) is 4.39 Å². The van der Waals surface area contributed by atoms with E-state index in [0.717, 1.165) is 17.8 Å². The minimum atomic E-state index is -0.227. The second-order valence-electron chi connectivity index (χ2n) is 2.66. The van der Waals surface area contributed by atoms with Crippen LogP contribution in [0.25, 0.3) is 6.08 Å². The molecule has 14 heavy (non-hydrogen) atoms. The molecule has 0 fully saturated rings. The Labute approximate surface area is 85.7 Å². The normalized spacial score (nSPS) is 8.93. The Balaban J connectivity index is 0.000000791. The highest BCUT2D eigenvalue weighted by Crippen LogP contribution is 2.14. The number of hydrogen-bond donors (Lipinski definition) is 0. The highest BCUT2D eigenvalue weighted by molar-refractivity contribution is 5.50. The standard InChI is InChI=1S/C10H12FN.C2H6/c1-4-8-9(11)6-7(3)12-10(8)5-2;1-2/h4,6H,1,5H2,2-3H3;1-2H3. The number of aromatic nitrogens is 1. The molecule has 78 valence electrons. The van der Waals surface area contributed by atoms with Crippen LogP contribution in [-0.2, 0) is 6.42 Å². The fourth-order valence-electron chi connectivity index (χ4n) is 1.19. The van der Waals surface area contributed by atoms with Gasteiger partial charge in [-0.2, -0.15) is 0 Å². The summed E-state index contributed by atoms with van der Waals surface area (Å²) in [6.45, 7) is 11.3. The van der Waals surface area contributed by atoms with Crippen molar-refractivity contribution in [2.45, 2.75) is 34.1 Å². The van der Waals surface area contributed by atoms with Gasteiger partial charge < -0.3 is 0 Å². The topological polar surface area (TPSA) is 12.9 Å². The zero-order chi connectivity index (χ0) is 11.1. The molecule has 0 aliphatic heterocycles. The minimum absolute atomic E-state index is 0.227. The highest BCUT2D eigenvalue weighted by Gasteiger charge is 2.05. The lowest BCUT2D eigenvalue weighted by Crippen LogP contribution is -1.97. The third kappa shape index (κ3) is 2.95. The molecule has 0 amide bonds. The van der Waals surface area contributed by atoms with Gasteiger partial charge in [0.1, 0.15) is 5.82 Å². The van der Waals surface area contributed by atoms with Crippen LogP contribution in [-0.4, -0.2) is 4.98 Å². The molecular weight excluding hydrogens is 177 g/mol. The van der Waals surface area contributed by atoms with Crippen molar-refractivity contribution in [1.82, 2.24) is 4.98 Å². The molecule has 0 N–H and O–H groups in total. The number of rotatable bonds is 2. The van der Waals surface area contributed by atoms with E-state index in [4.69, 9.17) is 0 Å². The average molecular weight is 195 g/mol. The van der Waals surface area contributed by atoms with E-state index in [-0.39, 0.29) is 5.82 Å². The van der Waals surface area contributed by atoms with Gasteiger partial charge in [0.25, 0.3) is 0 Å². The molecule has 0 aliphatic carbocycles. The van der Waals surface area contributed by atoms with Crippen LogP contribution in [0.2, 0.25) is 0 Å². The summed E-state index contributed by atoms with van der Waals surface area (Å²) in [4.78, 5) is 4.21. The van der Waals surface area contributed by atoms with Gasteiger partial charge in [-0.05, 0) is 19.4 Å². The second-order valence-corrected chi connectivity index (χ2v) is 2.66. The predicted molar refractivity (Wildman–Crippen MR) is 59.7 cm³/mol. The van der Waals surface area contributed by atoms with E-state index >= 15 is 0 Å². The average Bonchev–Trinajstić information content (AvgIpc) is 2.19. The van der Waals surface area contributed by atoms with Crippen LogP contribution in [0.15, 0.2) is 12.6 Å². The number of halogens is 1. The quantitative estimate of drug-likeness (QED) is 0.700. The van der Waals surface area contributed by atoms with Crippen molar-refractivity contribution in [3.05, 3.63) is 35.4 Å². The first-order valence-corrected chi connectivity index (χ1v) is 4.97. The van der Waals surface area contributed by atoms with Crippen molar-refractivity contribution >= 4 is 6.08 Å². The first-order valence-electron chi connectivity index (χ1n) is 4.97. The number of hydrogen-bond acceptors (Lipinski definition) is 1. The lowest BCUT2D eigenvalue weighted by Gasteiger charge is -2.04. The first-order chi connectivity index (χ1) is 6.69. The summed E-state index contributed by atoms with van der Waals surface area (Å²) < 4.78 is 13.2. The molecule has 0 spiro atoms. The largest absolute Gasteiger partial charge is 0.257 e. The lowest BCUT2D eigenvalue weighted by molar-refractivity contribution is 0.617. The molecular formula is C12H18FN. The Morgan fingerprint density at radius 2 is 2.07 bits per heavy atom. The minimum Gasteiger partial charge on any atom is -0.257 e. The smallest absolute Gasteiger partial charge is 0.134 e. The SMILES string of the molecule is C=Cc1c(F)cc(C)nc1CC.CC. The van der Waals surface area contributed by atoms with Crippen molar-refractivity contribution < 1.29 is 4.39 Å². The summed E-state index contributed by atoms with van der Waals surface area (Å²) in [6.07, 6.45) is 2.25. The van der Waals surface area contributed by atoms with Crippen molar-refractivity contribution in [3.63, 3.8) is 0 Å². The van der Waals surface area contributed by atoms with Crippen LogP contribution in [0.4, 0.5) is 4.39 Å². The van der Waals surface area contributed by atoms with E-state index < -0.39 is 0 Å². The van der Waals surface area contributed by atoms with Gasteiger partial charge in [0.05, 0.1) is 5.69 Å². The fraction of sp³-hybridized carbons (Fsp3) is 0.417. The Morgan fingerprint density at radius 3 is 2.50 bits per heavy atom. The zero-order valence-electron chi connectivity index (χ0n) is 9.39. The third-order valence-corrected chi connectivity index (χ3v) is 1.75. The molecule has 1 rings (SSSR count). The van der Waals surface area contributed by atoms with Crippen LogP contribution < -0.4 is 0 Å². The monoisotopic (exact) mass is 195 g/mol. The van der Waals surface area contributed by atoms with Crippen molar-refractivity contribution in [1.29, 1.82) is 0 Å². The molecule has 0 aromatic carbocycles. The number of nitrogens with zero attached hydrogens (tertiary/aromatic N) is 1. The van der Waals surface area contributed by atoms with Gasteiger partial charge in [-0.15, -0.1) is 0 Å². The number of aryl methyl sites for hydroxylation is 2. The van der Waals surface area contributed by atoms with Crippen LogP contribution in [0.1, 0.15) is 37.7 Å². The Morgan fingerprint density at radius 1 is 1.50 bits per heavy atom. The molecule has 1 aromatic heterocycles. The molecule has 0 radical (unpaired) electrons. The first kappa shape index (κ1) is 12.8. The zero-order valence-corrected chi connectivity index (χ0v) is 9.39. The summed E-state index contributed by atoms with van der Waals surface area (Å²) in [5.41, 5.74) is 2.03. The van der Waals surface area contributed by atoms with Crippen molar-refractivity contribution in [2.75, 3.05) is 0 Å². The Kier molecular flexibility index (Phi) is 5.77. The molecule has 1 heterocycles. The van der Waals surface area contributed by atoms with Crippen LogP contribution in [0.5, 0.6) is 0 Å². The molecule has 0 unspecified atom stereocenters. The Hall–Kier alpha value is -1.18. The second kappa shape index (κ2) is 6.30. The van der Waals surface area contributed by atoms with Gasteiger partial charge in [-0.25, -0.2) is 4.39 Å². The van der Waals surface area contributed by atoms with Crippen molar-refractivity contribution in [3.8, 4) is 0 Å². The Bertz CT molecular complexity index is 305. The third-order valence-electron chi connectivity index (χ3n) is 1.75. The molecule has 0 saturated heterocycles. The fourth-order valence-corrected chi connectivity index (χ4v) is 1.19. The van der Waals surface area contributed by atoms with Gasteiger partial charge in [0, 0.05) is 11.3 Å². The summed E-state index contributed by atoms with van der Waals surface area (Å²) in [5.74, 6) is -0.227. The van der Waals surface area contributed by atoms with E-state index in [1.807, 2.05) is 20.8 Å². The van der Waals surface area contributed by atoms with Gasteiger partial charge in [-0.3, -0.25) is 4.98 Å². The predicted octanol–water partition coefficient (Wildman–Crippen LogP) is 3.76. The van der Waals surface area contributed by atoms with Gasteiger partial charge in [-0.1, -0.05) is 33.4 Å². The van der Waals surface area contributed by atoms with Crippen LogP contribution >= 0.6 is 0 Å². The molecule has 0 bridgehead atoms.